The van der Waals surface area contributed by atoms with Gasteiger partial charge in [-0.25, -0.2) is 0 Å². The highest BCUT2D eigenvalue weighted by molar-refractivity contribution is 8.14. The lowest BCUT2D eigenvalue weighted by Gasteiger charge is -2.41. The van der Waals surface area contributed by atoms with Gasteiger partial charge in [0, 0.05) is 13.7 Å². The summed E-state index contributed by atoms with van der Waals surface area (Å²) in [7, 11) is 1.60. The predicted octanol–water partition coefficient (Wildman–Crippen LogP) is 0.481. The fourth-order valence-electron chi connectivity index (χ4n) is 2.38. The first-order valence-electron chi connectivity index (χ1n) is 6.91. The maximum absolute atomic E-state index is 13.2. The molecule has 0 aromatic heterocycles. The summed E-state index contributed by atoms with van der Waals surface area (Å²) in [4.78, 5) is 4.09. The Balaban J connectivity index is 2.17. The van der Waals surface area contributed by atoms with E-state index >= 15 is 0 Å². The Kier molecular flexibility index (Phi) is 5.59. The van der Waals surface area contributed by atoms with Crippen molar-refractivity contribution in [1.29, 1.82) is 0 Å². The van der Waals surface area contributed by atoms with Crippen molar-refractivity contribution in [3.8, 4) is 0 Å². The van der Waals surface area contributed by atoms with Crippen molar-refractivity contribution in [3.05, 3.63) is 0 Å². The van der Waals surface area contributed by atoms with Crippen LogP contribution in [-0.4, -0.2) is 71.1 Å². The zero-order valence-corrected chi connectivity index (χ0v) is 12.9. The summed E-state index contributed by atoms with van der Waals surface area (Å²) >= 11 is 1.08. The Morgan fingerprint density at radius 2 is 2.09 bits per heavy atom. The van der Waals surface area contributed by atoms with Gasteiger partial charge in [-0.05, 0) is 6.42 Å². The number of hydrogen-bond donors (Lipinski definition) is 3. The molecule has 22 heavy (non-hydrogen) atoms. The van der Waals surface area contributed by atoms with Crippen LogP contribution in [0, 0.1) is 0 Å². The second kappa shape index (κ2) is 6.91. The van der Waals surface area contributed by atoms with Gasteiger partial charge in [-0.2, -0.15) is 13.2 Å². The molecule has 1 saturated heterocycles. The van der Waals surface area contributed by atoms with Crippen LogP contribution >= 0.6 is 11.8 Å². The number of aliphatic imine (C=N–C) groups is 1. The van der Waals surface area contributed by atoms with Crippen LogP contribution in [0.1, 0.15) is 13.3 Å². The summed E-state index contributed by atoms with van der Waals surface area (Å²) in [5.41, 5.74) is -0.791. The third-order valence-corrected chi connectivity index (χ3v) is 4.59. The molecule has 0 unspecified atom stereocenters. The molecule has 1 fully saturated rings. The first-order chi connectivity index (χ1) is 10.3. The van der Waals surface area contributed by atoms with E-state index in [1.165, 1.54) is 0 Å². The molecule has 6 nitrogen and oxygen atoms in total. The molecule has 6 atom stereocenters. The Morgan fingerprint density at radius 3 is 2.64 bits per heavy atom. The summed E-state index contributed by atoms with van der Waals surface area (Å²) in [5.74, 6) is 0. The average molecular weight is 344 g/mol. The van der Waals surface area contributed by atoms with Crippen LogP contribution in [0.2, 0.25) is 0 Å². The maximum Gasteiger partial charge on any atom is 0.417 e. The molecule has 0 aromatic carbocycles. The van der Waals surface area contributed by atoms with Crippen molar-refractivity contribution in [2.24, 2.45) is 4.99 Å². The fourth-order valence-corrected chi connectivity index (χ4v) is 3.44. The molecule has 2 rings (SSSR count). The molecule has 0 spiro atoms. The van der Waals surface area contributed by atoms with Crippen molar-refractivity contribution in [2.45, 2.75) is 55.4 Å². The molecule has 2 aliphatic rings. The Morgan fingerprint density at radius 1 is 1.41 bits per heavy atom. The van der Waals surface area contributed by atoms with Crippen LogP contribution < -0.4 is 5.32 Å². The second-order valence-electron chi connectivity index (χ2n) is 5.08. The Hall–Kier alpha value is -0.550. The van der Waals surface area contributed by atoms with E-state index in [0.717, 1.165) is 11.8 Å². The van der Waals surface area contributed by atoms with Gasteiger partial charge < -0.3 is 25.0 Å². The van der Waals surface area contributed by atoms with Crippen molar-refractivity contribution in [1.82, 2.24) is 5.32 Å². The Bertz CT molecular complexity index is 424. The smallest absolute Gasteiger partial charge is 0.388 e. The molecule has 2 heterocycles. The monoisotopic (exact) mass is 344 g/mol. The van der Waals surface area contributed by atoms with Gasteiger partial charge in [-0.3, -0.25) is 4.99 Å². The molecule has 0 aliphatic carbocycles. The Labute approximate surface area is 130 Å². The number of halogens is 3. The molecule has 0 radical (unpaired) electrons. The minimum absolute atomic E-state index is 0.119. The van der Waals surface area contributed by atoms with Gasteiger partial charge in [0.2, 0.25) is 0 Å². The minimum atomic E-state index is -4.71. The third-order valence-electron chi connectivity index (χ3n) is 3.44. The number of aliphatic hydroxyl groups is 2. The molecule has 0 saturated carbocycles. The minimum Gasteiger partial charge on any atom is -0.388 e. The largest absolute Gasteiger partial charge is 0.417 e. The maximum atomic E-state index is 13.2. The molecule has 2 aliphatic heterocycles. The van der Waals surface area contributed by atoms with Crippen molar-refractivity contribution in [2.75, 3.05) is 13.7 Å². The first-order valence-corrected chi connectivity index (χ1v) is 7.79. The van der Waals surface area contributed by atoms with E-state index in [0.29, 0.717) is 11.6 Å². The topological polar surface area (TPSA) is 83.3 Å². The van der Waals surface area contributed by atoms with Gasteiger partial charge >= 0.3 is 6.18 Å². The number of aliphatic hydroxyl groups excluding tert-OH is 2. The van der Waals surface area contributed by atoms with Crippen molar-refractivity contribution < 1.29 is 32.9 Å². The van der Waals surface area contributed by atoms with Crippen LogP contribution in [0.3, 0.4) is 0 Å². The van der Waals surface area contributed by atoms with Crippen LogP contribution in [-0.2, 0) is 9.47 Å². The zero-order chi connectivity index (χ0) is 16.5. The molecule has 0 amide bonds. The van der Waals surface area contributed by atoms with Gasteiger partial charge in [0.05, 0.1) is 0 Å². The molecular weight excluding hydrogens is 325 g/mol. The number of nitrogens with zero attached hydrogens (tertiary/aromatic N) is 1. The molecule has 0 aromatic rings. The van der Waals surface area contributed by atoms with E-state index in [1.807, 2.05) is 0 Å². The molecule has 0 bridgehead atoms. The summed E-state index contributed by atoms with van der Waals surface area (Å²) in [6.07, 6.45) is -11.5. The van der Waals surface area contributed by atoms with Gasteiger partial charge in [0.25, 0.3) is 0 Å². The number of nitrogens with one attached hydrogen (secondary N) is 1. The highest BCUT2D eigenvalue weighted by Crippen LogP contribution is 2.39. The predicted molar refractivity (Wildman–Crippen MR) is 74.6 cm³/mol. The summed E-state index contributed by atoms with van der Waals surface area (Å²) < 4.78 is 49.7. The normalized spacial score (nSPS) is 36.7. The van der Waals surface area contributed by atoms with E-state index in [4.69, 9.17) is 9.47 Å². The second-order valence-corrected chi connectivity index (χ2v) is 6.16. The average Bonchev–Trinajstić information content (AvgIpc) is 2.86. The molecular formula is C12H19F3N2O4S. The lowest BCUT2D eigenvalue weighted by molar-refractivity contribution is -0.284. The number of thioether (sulfide) groups is 1. The number of hydrogen-bond acceptors (Lipinski definition) is 7. The fraction of sp³-hybridized carbons (Fsp3) is 0.917. The van der Waals surface area contributed by atoms with E-state index in [-0.39, 0.29) is 6.61 Å². The van der Waals surface area contributed by atoms with Gasteiger partial charge in [-0.1, -0.05) is 18.7 Å². The van der Waals surface area contributed by atoms with Crippen LogP contribution in [0.4, 0.5) is 13.2 Å². The van der Waals surface area contributed by atoms with Gasteiger partial charge in [-0.15, -0.1) is 0 Å². The number of alkyl halides is 3. The van der Waals surface area contributed by atoms with E-state index < -0.39 is 42.1 Å². The summed E-state index contributed by atoms with van der Waals surface area (Å²) in [6.45, 7) is 1.56. The quantitative estimate of drug-likeness (QED) is 0.688. The van der Waals surface area contributed by atoms with Crippen LogP contribution in [0.25, 0.3) is 0 Å². The number of fused-ring (bicyclic) bond motifs is 1. The van der Waals surface area contributed by atoms with E-state index in [9.17, 15) is 23.4 Å². The summed E-state index contributed by atoms with van der Waals surface area (Å²) in [5, 5.41) is 23.3. The van der Waals surface area contributed by atoms with E-state index in [1.54, 1.807) is 14.0 Å². The third kappa shape index (κ3) is 3.51. The number of amidine groups is 1. The highest BCUT2D eigenvalue weighted by atomic mass is 32.2. The molecule has 128 valence electrons. The molecule has 10 heteroatoms. The standard InChI is InChI=1S/C12H19F3N2O4S/c1-3-4-20-9(12(13,14)15)8-7(19)6(18)5-10(21-8)22-11(16-2)17-5/h5-10,18-19H,3-4H2,1-2H3,(H,16,17)/t5-,6-,7+,8+,9-,10-/m1/s1. The SMILES string of the molecule is CCCO[C@H]([C@H]1O[C@@H]2SC(NC)=N[C@@H]2[C@@H](O)[C@@H]1O)C(F)(F)F. The van der Waals surface area contributed by atoms with Crippen LogP contribution in [0.15, 0.2) is 4.99 Å². The molecule has 3 N–H and O–H groups in total. The number of ether oxygens (including phenoxy) is 2. The van der Waals surface area contributed by atoms with Crippen molar-refractivity contribution >= 4 is 16.9 Å². The lowest BCUT2D eigenvalue weighted by Crippen LogP contribution is -2.61. The lowest BCUT2D eigenvalue weighted by atomic mass is 9.94. The number of rotatable bonds is 4. The highest BCUT2D eigenvalue weighted by Gasteiger charge is 2.56. The first kappa shape index (κ1) is 17.8. The van der Waals surface area contributed by atoms with Crippen LogP contribution in [0.5, 0.6) is 0 Å². The van der Waals surface area contributed by atoms with Crippen molar-refractivity contribution in [3.63, 3.8) is 0 Å². The van der Waals surface area contributed by atoms with Gasteiger partial charge in [0.15, 0.2) is 11.3 Å². The van der Waals surface area contributed by atoms with Gasteiger partial charge in [0.1, 0.15) is 29.8 Å². The summed E-state index contributed by atoms with van der Waals surface area (Å²) in [6, 6.07) is -0.807. The van der Waals surface area contributed by atoms with E-state index in [2.05, 4.69) is 10.3 Å². The zero-order valence-electron chi connectivity index (χ0n) is 12.1.